The van der Waals surface area contributed by atoms with Crippen molar-refractivity contribution in [1.29, 1.82) is 0 Å². The maximum Gasteiger partial charge on any atom is 0.394 e. The Morgan fingerprint density at radius 3 is 1.90 bits per heavy atom. The minimum absolute atomic E-state index is 0.316. The van der Waals surface area contributed by atoms with E-state index >= 15 is 0 Å². The van der Waals surface area contributed by atoms with E-state index < -0.39 is 11.6 Å². The maximum atomic E-state index is 12.1. The smallest absolute Gasteiger partial charge is 0.171 e. The van der Waals surface area contributed by atoms with Crippen LogP contribution in [-0.2, 0) is 0 Å². The van der Waals surface area contributed by atoms with Gasteiger partial charge in [-0.15, -0.1) is 0 Å². The van der Waals surface area contributed by atoms with Crippen LogP contribution < -0.4 is 0 Å². The van der Waals surface area contributed by atoms with Crippen molar-refractivity contribution >= 4 is 0 Å². The van der Waals surface area contributed by atoms with Crippen molar-refractivity contribution in [3.8, 4) is 0 Å². The summed E-state index contributed by atoms with van der Waals surface area (Å²) >= 11 is 0. The minimum Gasteiger partial charge on any atom is -0.171 e. The number of hydrogen-bond donors (Lipinski definition) is 0. The molecule has 1 rings (SSSR count). The Labute approximate surface area is 58.4 Å². The molecule has 1 aliphatic rings. The molecule has 0 heterocycles. The molecule has 10 heavy (non-hydrogen) atoms. The second kappa shape index (κ2) is 2.14. The second-order valence-corrected chi connectivity index (χ2v) is 3.03. The van der Waals surface area contributed by atoms with Gasteiger partial charge in [0.15, 0.2) is 0 Å². The van der Waals surface area contributed by atoms with Crippen LogP contribution in [0.2, 0.25) is 0 Å². The average molecular weight is 152 g/mol. The van der Waals surface area contributed by atoms with Crippen molar-refractivity contribution in [3.05, 3.63) is 0 Å². The van der Waals surface area contributed by atoms with E-state index in [1.807, 2.05) is 0 Å². The van der Waals surface area contributed by atoms with E-state index in [0.717, 1.165) is 0 Å². The number of rotatable bonds is 2. The van der Waals surface area contributed by atoms with Crippen LogP contribution in [0.3, 0.4) is 0 Å². The van der Waals surface area contributed by atoms with Crippen molar-refractivity contribution in [1.82, 2.24) is 0 Å². The first-order valence-corrected chi connectivity index (χ1v) is 3.58. The lowest BCUT2D eigenvalue weighted by Gasteiger charge is -2.17. The van der Waals surface area contributed by atoms with Gasteiger partial charge in [0.05, 0.1) is 5.41 Å². The van der Waals surface area contributed by atoms with Crippen molar-refractivity contribution in [2.75, 3.05) is 0 Å². The Morgan fingerprint density at radius 2 is 1.80 bits per heavy atom. The van der Waals surface area contributed by atoms with Crippen molar-refractivity contribution < 1.29 is 13.2 Å². The normalized spacial score (nSPS) is 22.8. The monoisotopic (exact) mass is 152 g/mol. The van der Waals surface area contributed by atoms with Crippen LogP contribution in [0.15, 0.2) is 0 Å². The van der Waals surface area contributed by atoms with Crippen LogP contribution in [0.1, 0.15) is 32.6 Å². The Kier molecular flexibility index (Phi) is 1.69. The molecule has 1 aliphatic carbocycles. The van der Waals surface area contributed by atoms with Crippen LogP contribution >= 0.6 is 0 Å². The zero-order valence-corrected chi connectivity index (χ0v) is 5.96. The highest BCUT2D eigenvalue weighted by Crippen LogP contribution is 2.60. The molecular formula is C7H11F3. The van der Waals surface area contributed by atoms with Gasteiger partial charge in [0, 0.05) is 0 Å². The molecule has 0 aromatic heterocycles. The predicted octanol–water partition coefficient (Wildman–Crippen LogP) is 3.13. The van der Waals surface area contributed by atoms with Crippen LogP contribution in [0.5, 0.6) is 0 Å². The zero-order chi connectivity index (χ0) is 7.83. The number of hydrogen-bond acceptors (Lipinski definition) is 0. The summed E-state index contributed by atoms with van der Waals surface area (Å²) in [7, 11) is 0. The fourth-order valence-corrected chi connectivity index (χ4v) is 1.30. The van der Waals surface area contributed by atoms with Crippen LogP contribution in [0.25, 0.3) is 0 Å². The van der Waals surface area contributed by atoms with Gasteiger partial charge in [0.1, 0.15) is 0 Å². The van der Waals surface area contributed by atoms with Gasteiger partial charge in [0.2, 0.25) is 0 Å². The first kappa shape index (κ1) is 7.89. The van der Waals surface area contributed by atoms with Crippen LogP contribution in [-0.4, -0.2) is 6.18 Å². The molecule has 0 unspecified atom stereocenters. The van der Waals surface area contributed by atoms with E-state index in [-0.39, 0.29) is 0 Å². The minimum atomic E-state index is -3.94. The Hall–Kier alpha value is -0.210. The third kappa shape index (κ3) is 1.13. The summed E-state index contributed by atoms with van der Waals surface area (Å²) in [5.74, 6) is 0. The second-order valence-electron chi connectivity index (χ2n) is 3.03. The van der Waals surface area contributed by atoms with E-state index in [2.05, 4.69) is 0 Å². The molecule has 60 valence electrons. The Balaban J connectivity index is 2.52. The van der Waals surface area contributed by atoms with Gasteiger partial charge in [-0.2, -0.15) is 13.2 Å². The van der Waals surface area contributed by atoms with E-state index in [1.54, 1.807) is 6.92 Å². The molecule has 0 aromatic rings. The summed E-state index contributed by atoms with van der Waals surface area (Å²) < 4.78 is 36.2. The van der Waals surface area contributed by atoms with Crippen LogP contribution in [0, 0.1) is 5.41 Å². The van der Waals surface area contributed by atoms with Gasteiger partial charge in [-0.05, 0) is 19.3 Å². The molecule has 1 fully saturated rings. The summed E-state index contributed by atoms with van der Waals surface area (Å²) in [5, 5.41) is 0. The highest BCUT2D eigenvalue weighted by atomic mass is 19.4. The molecule has 0 nitrogen and oxygen atoms in total. The lowest BCUT2D eigenvalue weighted by Crippen LogP contribution is -2.23. The summed E-state index contributed by atoms with van der Waals surface area (Å²) in [6.45, 7) is 1.80. The molecule has 0 atom stereocenters. The number of halogens is 3. The van der Waals surface area contributed by atoms with E-state index in [1.165, 1.54) is 0 Å². The molecule has 0 N–H and O–H groups in total. The van der Waals surface area contributed by atoms with Gasteiger partial charge in [0.25, 0.3) is 0 Å². The fourth-order valence-electron chi connectivity index (χ4n) is 1.30. The molecule has 0 amide bonds. The standard InChI is InChI=1S/C7H11F3/c1-2-3-6(4-5-6)7(8,9)10/h2-5H2,1H3. The van der Waals surface area contributed by atoms with Crippen molar-refractivity contribution in [2.45, 2.75) is 38.8 Å². The third-order valence-electron chi connectivity index (χ3n) is 2.18. The van der Waals surface area contributed by atoms with Gasteiger partial charge >= 0.3 is 6.18 Å². The highest BCUT2D eigenvalue weighted by Gasteiger charge is 2.61. The molecule has 3 heteroatoms. The molecule has 0 spiro atoms. The topological polar surface area (TPSA) is 0 Å². The van der Waals surface area contributed by atoms with E-state index in [4.69, 9.17) is 0 Å². The maximum absolute atomic E-state index is 12.1. The molecule has 0 saturated heterocycles. The fraction of sp³-hybridized carbons (Fsp3) is 1.00. The van der Waals surface area contributed by atoms with E-state index in [0.29, 0.717) is 25.7 Å². The van der Waals surface area contributed by atoms with Gasteiger partial charge < -0.3 is 0 Å². The summed E-state index contributed by atoms with van der Waals surface area (Å²) in [6.07, 6.45) is -2.28. The van der Waals surface area contributed by atoms with Crippen molar-refractivity contribution in [2.24, 2.45) is 5.41 Å². The highest BCUT2D eigenvalue weighted by molar-refractivity contribution is 4.98. The summed E-state index contributed by atoms with van der Waals surface area (Å²) in [4.78, 5) is 0. The molecule has 0 aromatic carbocycles. The first-order chi connectivity index (χ1) is 4.52. The lowest BCUT2D eigenvalue weighted by atomic mass is 10.0. The lowest BCUT2D eigenvalue weighted by molar-refractivity contribution is -0.188. The quantitative estimate of drug-likeness (QED) is 0.570. The van der Waals surface area contributed by atoms with Crippen LogP contribution in [0.4, 0.5) is 13.2 Å². The molecule has 0 aliphatic heterocycles. The molecule has 0 bridgehead atoms. The van der Waals surface area contributed by atoms with Gasteiger partial charge in [-0.25, -0.2) is 0 Å². The average Bonchev–Trinajstić information content (AvgIpc) is 2.45. The van der Waals surface area contributed by atoms with Gasteiger partial charge in [-0.1, -0.05) is 13.3 Å². The van der Waals surface area contributed by atoms with E-state index in [9.17, 15) is 13.2 Å². The summed E-state index contributed by atoms with van der Waals surface area (Å²) in [6, 6.07) is 0. The van der Waals surface area contributed by atoms with Gasteiger partial charge in [-0.3, -0.25) is 0 Å². The zero-order valence-electron chi connectivity index (χ0n) is 5.96. The van der Waals surface area contributed by atoms with Crippen molar-refractivity contribution in [3.63, 3.8) is 0 Å². The molecule has 0 radical (unpaired) electrons. The predicted molar refractivity (Wildman–Crippen MR) is 32.6 cm³/mol. The SMILES string of the molecule is CCCC1(C(F)(F)F)CC1. The Morgan fingerprint density at radius 1 is 1.30 bits per heavy atom. The number of alkyl halides is 3. The first-order valence-electron chi connectivity index (χ1n) is 3.58. The third-order valence-corrected chi connectivity index (χ3v) is 2.18. The largest absolute Gasteiger partial charge is 0.394 e. The molecule has 1 saturated carbocycles. The molecular weight excluding hydrogens is 141 g/mol. The summed E-state index contributed by atoms with van der Waals surface area (Å²) in [5.41, 5.74) is -1.26. The Bertz CT molecular complexity index is 121.